The molecular weight excluding hydrogens is 585 g/mol. The predicted molar refractivity (Wildman–Crippen MR) is 144 cm³/mol. The molecular formula is C25H32ClF6N4O3P. The van der Waals surface area contributed by atoms with Gasteiger partial charge in [0.05, 0.1) is 33.3 Å². The summed E-state index contributed by atoms with van der Waals surface area (Å²) in [5.41, 5.74) is 4.03. The zero-order valence-corrected chi connectivity index (χ0v) is 23.8. The van der Waals surface area contributed by atoms with Gasteiger partial charge in [0.2, 0.25) is 5.91 Å². The number of halogens is 7. The van der Waals surface area contributed by atoms with E-state index in [-0.39, 0.29) is 18.0 Å². The van der Waals surface area contributed by atoms with Crippen LogP contribution in [0, 0.1) is 0 Å². The fraction of sp³-hybridized carbons (Fsp3) is 0.440. The van der Waals surface area contributed by atoms with Crippen LogP contribution in [-0.4, -0.2) is 74.3 Å². The van der Waals surface area contributed by atoms with Crippen LogP contribution in [-0.2, 0) is 22.4 Å². The molecule has 0 saturated carbocycles. The van der Waals surface area contributed by atoms with Crippen molar-refractivity contribution in [2.24, 2.45) is 0 Å². The number of carbonyl (C=O) groups is 2. The van der Waals surface area contributed by atoms with Crippen LogP contribution < -0.4 is 10.6 Å². The van der Waals surface area contributed by atoms with Gasteiger partial charge in [-0.25, -0.2) is 4.79 Å². The van der Waals surface area contributed by atoms with Crippen molar-refractivity contribution in [1.29, 1.82) is 0 Å². The van der Waals surface area contributed by atoms with Crippen LogP contribution in [0.25, 0.3) is 0 Å². The van der Waals surface area contributed by atoms with E-state index in [4.69, 9.17) is 16.3 Å². The number of hydrogen-bond donors (Lipinski definition) is 2. The summed E-state index contributed by atoms with van der Waals surface area (Å²) in [5, 5.41) is 6.48. The SMILES string of the molecule is CO[C@@H]1C[C@H](C(=O)Nc2ccc3c(c2)CC[N+](C)(C)CC3)N(C(=O)Nc2ccc(Cl)cc2)C1.F[P-](F)(F)(F)(F)F. The number of anilines is 2. The molecule has 7 nitrogen and oxygen atoms in total. The summed E-state index contributed by atoms with van der Waals surface area (Å²) < 4.78 is 65.7. The Morgan fingerprint density at radius 3 is 2.05 bits per heavy atom. The Labute approximate surface area is 233 Å². The van der Waals surface area contributed by atoms with Crippen LogP contribution in [0.3, 0.4) is 0 Å². The average Bonchev–Trinajstić information content (AvgIpc) is 3.20. The number of fused-ring (bicyclic) bond motifs is 1. The van der Waals surface area contributed by atoms with E-state index in [0.717, 1.165) is 36.1 Å². The molecule has 2 N–H and O–H groups in total. The summed E-state index contributed by atoms with van der Waals surface area (Å²) in [6.07, 6.45) is 2.28. The van der Waals surface area contributed by atoms with Gasteiger partial charge in [0.25, 0.3) is 0 Å². The van der Waals surface area contributed by atoms with Crippen molar-refractivity contribution in [3.8, 4) is 0 Å². The molecule has 15 heteroatoms. The van der Waals surface area contributed by atoms with Crippen molar-refractivity contribution < 1.29 is 44.0 Å². The van der Waals surface area contributed by atoms with Gasteiger partial charge in [0.15, 0.2) is 0 Å². The third-order valence-electron chi connectivity index (χ3n) is 6.70. The number of benzene rings is 2. The Balaban J connectivity index is 0.000000559. The van der Waals surface area contributed by atoms with Crippen LogP contribution >= 0.6 is 19.4 Å². The zero-order chi connectivity index (χ0) is 30.0. The number of urea groups is 1. The summed E-state index contributed by atoms with van der Waals surface area (Å²) in [7, 11) is -4.54. The molecule has 2 atom stereocenters. The third-order valence-corrected chi connectivity index (χ3v) is 6.95. The zero-order valence-electron chi connectivity index (χ0n) is 22.2. The van der Waals surface area contributed by atoms with Crippen molar-refractivity contribution in [2.75, 3.05) is 51.5 Å². The number of hydrogen-bond acceptors (Lipinski definition) is 3. The maximum atomic E-state index is 13.2. The Kier molecular flexibility index (Phi) is 8.78. The Bertz CT molecular complexity index is 1240. The van der Waals surface area contributed by atoms with Gasteiger partial charge in [0.1, 0.15) is 6.04 Å². The normalized spacial score (nSPS) is 22.0. The Morgan fingerprint density at radius 2 is 1.48 bits per heavy atom. The standard InChI is InChI=1S/C25H31ClN4O3.F6P/c1-30(2)12-10-17-4-7-21(14-18(17)11-13-30)27-24(31)23-15-22(33-3)16-29(23)25(32)28-20-8-5-19(26)6-9-20;1-7(2,3,4,5)6/h4-9,14,22-23H,10-13,15-16H2,1-3H3,(H-,27,28,31,32);/q;-1/p+1/t22-,23-;/m1./s1. The predicted octanol–water partition coefficient (Wildman–Crippen LogP) is 7.16. The van der Waals surface area contributed by atoms with Gasteiger partial charge < -0.3 is 24.8 Å². The summed E-state index contributed by atoms with van der Waals surface area (Å²) in [6.45, 7) is 2.53. The van der Waals surface area contributed by atoms with Crippen LogP contribution in [0.4, 0.5) is 41.4 Å². The number of nitrogens with one attached hydrogen (secondary N) is 2. The number of likely N-dealkylation sites (N-methyl/N-ethyl adjacent to an activating group) is 1. The van der Waals surface area contributed by atoms with E-state index in [1.807, 2.05) is 6.07 Å². The second kappa shape index (κ2) is 11.0. The van der Waals surface area contributed by atoms with E-state index in [9.17, 15) is 34.8 Å². The number of likely N-dealkylation sites (tertiary alicyclic amines) is 1. The molecule has 4 rings (SSSR count). The van der Waals surface area contributed by atoms with Gasteiger partial charge in [-0.15, -0.1) is 0 Å². The van der Waals surface area contributed by atoms with E-state index in [1.165, 1.54) is 11.1 Å². The molecule has 2 aliphatic heterocycles. The van der Waals surface area contributed by atoms with Gasteiger partial charge >= 0.3 is 39.0 Å². The van der Waals surface area contributed by atoms with E-state index in [1.54, 1.807) is 36.3 Å². The first-order valence-corrected chi connectivity index (χ1v) is 14.8. The molecule has 2 heterocycles. The molecule has 2 aliphatic rings. The van der Waals surface area contributed by atoms with E-state index in [2.05, 4.69) is 36.9 Å². The van der Waals surface area contributed by atoms with Crippen LogP contribution in [0.2, 0.25) is 5.02 Å². The van der Waals surface area contributed by atoms with Crippen molar-refractivity contribution in [1.82, 2.24) is 4.90 Å². The quantitative estimate of drug-likeness (QED) is 0.218. The van der Waals surface area contributed by atoms with Crippen LogP contribution in [0.1, 0.15) is 17.5 Å². The summed E-state index contributed by atoms with van der Waals surface area (Å²) in [6, 6.07) is 12.1. The second-order valence-electron chi connectivity index (χ2n) is 10.5. The molecule has 1 saturated heterocycles. The number of carbonyl (C=O) groups excluding carboxylic acids is 2. The first-order valence-electron chi connectivity index (χ1n) is 12.4. The minimum atomic E-state index is -10.7. The summed E-state index contributed by atoms with van der Waals surface area (Å²) in [4.78, 5) is 27.7. The molecule has 0 unspecified atom stereocenters. The molecule has 0 radical (unpaired) electrons. The number of methoxy groups -OCH3 is 1. The van der Waals surface area contributed by atoms with E-state index < -0.39 is 13.9 Å². The molecule has 0 spiro atoms. The van der Waals surface area contributed by atoms with Gasteiger partial charge in [-0.1, -0.05) is 17.7 Å². The molecule has 1 fully saturated rings. The van der Waals surface area contributed by atoms with Crippen molar-refractivity contribution >= 4 is 42.7 Å². The first kappa shape index (κ1) is 31.9. The molecule has 2 aromatic carbocycles. The van der Waals surface area contributed by atoms with Gasteiger partial charge in [-0.2, -0.15) is 0 Å². The molecule has 0 aliphatic carbocycles. The molecule has 2 aromatic rings. The van der Waals surface area contributed by atoms with Crippen molar-refractivity contribution in [3.05, 3.63) is 58.6 Å². The minimum absolute atomic E-state index is 0.191. The fourth-order valence-corrected chi connectivity index (χ4v) is 4.66. The number of amides is 3. The number of ether oxygens (including phenoxy) is 1. The summed E-state index contributed by atoms with van der Waals surface area (Å²) in [5.74, 6) is -0.203. The topological polar surface area (TPSA) is 70.7 Å². The van der Waals surface area contributed by atoms with E-state index >= 15 is 0 Å². The third kappa shape index (κ3) is 10.8. The van der Waals surface area contributed by atoms with Gasteiger partial charge in [0, 0.05) is 49.3 Å². The Hall–Kier alpha value is -2.60. The Morgan fingerprint density at radius 1 is 0.925 bits per heavy atom. The van der Waals surface area contributed by atoms with Crippen molar-refractivity contribution in [3.63, 3.8) is 0 Å². The number of nitrogens with zero attached hydrogens (tertiary/aromatic N) is 2. The molecule has 0 aromatic heterocycles. The van der Waals surface area contributed by atoms with Gasteiger partial charge in [-0.3, -0.25) is 4.79 Å². The average molecular weight is 617 g/mol. The van der Waals surface area contributed by atoms with Gasteiger partial charge in [-0.05, 0) is 47.5 Å². The molecule has 3 amide bonds. The fourth-order valence-electron chi connectivity index (χ4n) is 4.53. The maximum absolute atomic E-state index is 13.2. The summed E-state index contributed by atoms with van der Waals surface area (Å²) >= 11 is 5.93. The van der Waals surface area contributed by atoms with Crippen LogP contribution in [0.5, 0.6) is 0 Å². The first-order chi connectivity index (χ1) is 18.2. The molecule has 224 valence electrons. The van der Waals surface area contributed by atoms with Crippen LogP contribution in [0.15, 0.2) is 42.5 Å². The molecule has 0 bridgehead atoms. The molecule has 40 heavy (non-hydrogen) atoms. The second-order valence-corrected chi connectivity index (χ2v) is 12.9. The number of rotatable bonds is 4. The van der Waals surface area contributed by atoms with Crippen molar-refractivity contribution in [2.45, 2.75) is 31.4 Å². The monoisotopic (exact) mass is 616 g/mol. The number of quaternary nitrogens is 1. The van der Waals surface area contributed by atoms with E-state index in [0.29, 0.717) is 23.7 Å².